The molecule has 0 radical (unpaired) electrons. The van der Waals surface area contributed by atoms with E-state index >= 15 is 0 Å². The first-order valence-electron chi connectivity index (χ1n) is 12.3. The quantitative estimate of drug-likeness (QED) is 0.355. The van der Waals surface area contributed by atoms with Gasteiger partial charge in [-0.05, 0) is 73.6 Å². The molecule has 1 saturated heterocycles. The molecule has 6 rings (SSSR count). The van der Waals surface area contributed by atoms with Gasteiger partial charge in [0.15, 0.2) is 0 Å². The predicted octanol–water partition coefficient (Wildman–Crippen LogP) is 5.31. The van der Waals surface area contributed by atoms with Crippen LogP contribution in [0.25, 0.3) is 44.8 Å². The number of nitrogens with zero attached hydrogens (tertiary/aromatic N) is 4. The third-order valence-electron chi connectivity index (χ3n) is 6.86. The van der Waals surface area contributed by atoms with Crippen LogP contribution >= 0.6 is 0 Å². The average Bonchev–Trinajstić information content (AvgIpc) is 3.53. The van der Waals surface area contributed by atoms with Crippen LogP contribution < -0.4 is 9.64 Å². The second kappa shape index (κ2) is 9.07. The molecule has 0 atom stereocenters. The second-order valence-corrected chi connectivity index (χ2v) is 9.16. The van der Waals surface area contributed by atoms with Gasteiger partial charge in [0.25, 0.3) is 0 Å². The van der Waals surface area contributed by atoms with Crippen LogP contribution in [-0.2, 0) is 0 Å². The summed E-state index contributed by atoms with van der Waals surface area (Å²) < 4.78 is 5.26. The molecule has 0 bridgehead atoms. The van der Waals surface area contributed by atoms with E-state index in [2.05, 4.69) is 57.0 Å². The number of methoxy groups -OCH3 is 1. The lowest BCUT2D eigenvalue weighted by molar-refractivity contribution is 0.258. The average molecular weight is 467 g/mol. The van der Waals surface area contributed by atoms with Gasteiger partial charge in [0, 0.05) is 43.0 Å². The summed E-state index contributed by atoms with van der Waals surface area (Å²) in [5.74, 6) is 2.54. The molecule has 0 amide bonds. The monoisotopic (exact) mass is 466 g/mol. The van der Waals surface area contributed by atoms with Gasteiger partial charge >= 0.3 is 0 Å². The van der Waals surface area contributed by atoms with Gasteiger partial charge in [-0.3, -0.25) is 4.90 Å². The van der Waals surface area contributed by atoms with Crippen molar-refractivity contribution in [2.24, 2.45) is 0 Å². The number of nitrogens with one attached hydrogen (secondary N) is 2. The fourth-order valence-electron chi connectivity index (χ4n) is 4.92. The number of ether oxygens (including phenoxy) is 1. The molecular weight excluding hydrogens is 436 g/mol. The first-order valence-corrected chi connectivity index (χ1v) is 12.3. The van der Waals surface area contributed by atoms with Crippen LogP contribution in [0.2, 0.25) is 0 Å². The summed E-state index contributed by atoms with van der Waals surface area (Å²) in [7, 11) is 1.67. The number of hydrogen-bond acceptors (Lipinski definition) is 5. The Morgan fingerprint density at radius 3 is 2.09 bits per heavy atom. The lowest BCUT2D eigenvalue weighted by Gasteiger charge is -2.36. The van der Waals surface area contributed by atoms with Crippen molar-refractivity contribution >= 4 is 27.8 Å². The van der Waals surface area contributed by atoms with Crippen LogP contribution in [0.3, 0.4) is 0 Å². The van der Waals surface area contributed by atoms with E-state index in [1.165, 1.54) is 18.7 Å². The molecule has 2 N–H and O–H groups in total. The molecule has 7 heteroatoms. The minimum atomic E-state index is 0.832. The topological polar surface area (TPSA) is 73.1 Å². The van der Waals surface area contributed by atoms with E-state index in [4.69, 9.17) is 14.7 Å². The number of hydrogen-bond donors (Lipinski definition) is 2. The molecule has 1 fully saturated rings. The lowest BCUT2D eigenvalue weighted by Crippen LogP contribution is -2.46. The summed E-state index contributed by atoms with van der Waals surface area (Å²) in [6.07, 6.45) is 1.22. The number of piperazine rings is 1. The molecule has 0 unspecified atom stereocenters. The lowest BCUT2D eigenvalue weighted by atomic mass is 10.2. The Labute approximate surface area is 204 Å². The third-order valence-corrected chi connectivity index (χ3v) is 6.86. The maximum atomic E-state index is 5.26. The smallest absolute Gasteiger partial charge is 0.138 e. The normalized spacial score (nSPS) is 14.7. The summed E-state index contributed by atoms with van der Waals surface area (Å²) in [6.45, 7) is 7.84. The molecule has 3 heterocycles. The number of aromatic nitrogens is 4. The number of benzene rings is 3. The van der Waals surface area contributed by atoms with Gasteiger partial charge in [-0.1, -0.05) is 6.92 Å². The highest BCUT2D eigenvalue weighted by molar-refractivity contribution is 5.87. The van der Waals surface area contributed by atoms with Crippen LogP contribution in [0.5, 0.6) is 5.75 Å². The number of aromatic amines is 2. The van der Waals surface area contributed by atoms with Crippen LogP contribution in [0.4, 0.5) is 5.69 Å². The molecule has 2 aromatic heterocycles. The molecule has 0 saturated carbocycles. The SMILES string of the molecule is CCCN1CCN(c2ccc3nc(-c4ccc5nc(-c6ccc(OC)cc6)[nH]c5c4)[nH]c3c2)CC1. The van der Waals surface area contributed by atoms with E-state index in [-0.39, 0.29) is 0 Å². The van der Waals surface area contributed by atoms with Crippen molar-refractivity contribution in [3.8, 4) is 28.5 Å². The Morgan fingerprint density at radius 2 is 1.40 bits per heavy atom. The number of rotatable bonds is 6. The first kappa shape index (κ1) is 21.7. The number of H-pyrrole nitrogens is 2. The van der Waals surface area contributed by atoms with E-state index in [9.17, 15) is 0 Å². The molecule has 0 spiro atoms. The van der Waals surface area contributed by atoms with Gasteiger partial charge in [-0.15, -0.1) is 0 Å². The van der Waals surface area contributed by atoms with E-state index < -0.39 is 0 Å². The minimum absolute atomic E-state index is 0.832. The van der Waals surface area contributed by atoms with E-state index in [1.807, 2.05) is 30.3 Å². The van der Waals surface area contributed by atoms with E-state index in [0.717, 1.165) is 76.8 Å². The van der Waals surface area contributed by atoms with Crippen molar-refractivity contribution in [1.29, 1.82) is 0 Å². The summed E-state index contributed by atoms with van der Waals surface area (Å²) in [4.78, 5) is 21.6. The number of fused-ring (bicyclic) bond motifs is 2. The van der Waals surface area contributed by atoms with Crippen molar-refractivity contribution in [2.45, 2.75) is 13.3 Å². The largest absolute Gasteiger partial charge is 0.497 e. The Bertz CT molecular complexity index is 1460. The van der Waals surface area contributed by atoms with Gasteiger partial charge < -0.3 is 19.6 Å². The Balaban J connectivity index is 1.25. The summed E-state index contributed by atoms with van der Waals surface area (Å²) in [6, 6.07) is 20.7. The zero-order chi connectivity index (χ0) is 23.8. The fraction of sp³-hybridized carbons (Fsp3) is 0.286. The third kappa shape index (κ3) is 4.23. The van der Waals surface area contributed by atoms with Crippen LogP contribution in [0.15, 0.2) is 60.7 Å². The minimum Gasteiger partial charge on any atom is -0.497 e. The van der Waals surface area contributed by atoms with Gasteiger partial charge in [0.1, 0.15) is 17.4 Å². The Morgan fingerprint density at radius 1 is 0.771 bits per heavy atom. The Kier molecular flexibility index (Phi) is 5.62. The van der Waals surface area contributed by atoms with Crippen molar-refractivity contribution in [1.82, 2.24) is 24.8 Å². The molecule has 3 aromatic carbocycles. The van der Waals surface area contributed by atoms with Gasteiger partial charge in [0.2, 0.25) is 0 Å². The van der Waals surface area contributed by atoms with Crippen LogP contribution in [0.1, 0.15) is 13.3 Å². The molecule has 1 aliphatic rings. The van der Waals surface area contributed by atoms with E-state index in [0.29, 0.717) is 0 Å². The summed E-state index contributed by atoms with van der Waals surface area (Å²) in [5.41, 5.74) is 7.29. The zero-order valence-electron chi connectivity index (χ0n) is 20.2. The van der Waals surface area contributed by atoms with Gasteiger partial charge in [-0.2, -0.15) is 0 Å². The zero-order valence-corrected chi connectivity index (χ0v) is 20.2. The summed E-state index contributed by atoms with van der Waals surface area (Å²) >= 11 is 0. The number of imidazole rings is 2. The second-order valence-electron chi connectivity index (χ2n) is 9.16. The standard InChI is InChI=1S/C28H30N6O/c1-3-12-33-13-15-34(16-14-33)21-7-11-24-26(18-21)32-28(30-24)20-6-10-23-25(17-20)31-27(29-23)19-4-8-22(35-2)9-5-19/h4-11,17-18H,3,12-16H2,1-2H3,(H,29,31)(H,30,32). The van der Waals surface area contributed by atoms with Crippen LogP contribution in [0, 0.1) is 0 Å². The van der Waals surface area contributed by atoms with Crippen molar-refractivity contribution in [3.63, 3.8) is 0 Å². The van der Waals surface area contributed by atoms with Gasteiger partial charge in [0.05, 0.1) is 29.2 Å². The number of anilines is 1. The predicted molar refractivity (Wildman–Crippen MR) is 142 cm³/mol. The first-order chi connectivity index (χ1) is 17.2. The molecule has 5 aromatic rings. The highest BCUT2D eigenvalue weighted by Gasteiger charge is 2.17. The highest BCUT2D eigenvalue weighted by Crippen LogP contribution is 2.28. The molecule has 1 aliphatic heterocycles. The maximum Gasteiger partial charge on any atom is 0.138 e. The fourth-order valence-corrected chi connectivity index (χ4v) is 4.92. The molecular formula is C28H30N6O. The van der Waals surface area contributed by atoms with Crippen molar-refractivity contribution in [2.75, 3.05) is 44.7 Å². The molecule has 7 nitrogen and oxygen atoms in total. The molecule has 0 aliphatic carbocycles. The Hall–Kier alpha value is -3.84. The molecule has 178 valence electrons. The van der Waals surface area contributed by atoms with Crippen molar-refractivity contribution in [3.05, 3.63) is 60.7 Å². The maximum absolute atomic E-state index is 5.26. The van der Waals surface area contributed by atoms with Gasteiger partial charge in [-0.25, -0.2) is 9.97 Å². The summed E-state index contributed by atoms with van der Waals surface area (Å²) in [5, 5.41) is 0. The highest BCUT2D eigenvalue weighted by atomic mass is 16.5. The molecule has 35 heavy (non-hydrogen) atoms. The van der Waals surface area contributed by atoms with E-state index in [1.54, 1.807) is 7.11 Å². The van der Waals surface area contributed by atoms with Crippen molar-refractivity contribution < 1.29 is 4.74 Å². The van der Waals surface area contributed by atoms with Crippen LogP contribution in [-0.4, -0.2) is 64.7 Å².